The summed E-state index contributed by atoms with van der Waals surface area (Å²) in [5.41, 5.74) is 2.16. The molecule has 1 aromatic carbocycles. The van der Waals surface area contributed by atoms with Crippen molar-refractivity contribution < 1.29 is 4.39 Å². The highest BCUT2D eigenvalue weighted by Crippen LogP contribution is 2.28. The zero-order valence-electron chi connectivity index (χ0n) is 10.7. The second-order valence-electron chi connectivity index (χ2n) is 4.40. The van der Waals surface area contributed by atoms with E-state index in [-0.39, 0.29) is 11.9 Å². The van der Waals surface area contributed by atoms with Gasteiger partial charge in [0, 0.05) is 4.88 Å². The molecule has 0 radical (unpaired) electrons. The van der Waals surface area contributed by atoms with E-state index in [0.29, 0.717) is 0 Å². The third-order valence-electron chi connectivity index (χ3n) is 2.98. The van der Waals surface area contributed by atoms with Crippen LogP contribution in [0.4, 0.5) is 4.39 Å². The van der Waals surface area contributed by atoms with Crippen LogP contribution in [0.2, 0.25) is 0 Å². The molecule has 0 saturated heterocycles. The number of halogens is 1. The van der Waals surface area contributed by atoms with Gasteiger partial charge in [-0.3, -0.25) is 0 Å². The summed E-state index contributed by atoms with van der Waals surface area (Å²) in [6, 6.07) is 9.24. The van der Waals surface area contributed by atoms with Crippen LogP contribution in [-0.4, -0.2) is 6.54 Å². The highest BCUT2D eigenvalue weighted by molar-refractivity contribution is 7.10. The summed E-state index contributed by atoms with van der Waals surface area (Å²) in [5, 5.41) is 5.56. The average Bonchev–Trinajstić information content (AvgIpc) is 2.88. The molecule has 0 aliphatic carbocycles. The zero-order chi connectivity index (χ0) is 13.0. The van der Waals surface area contributed by atoms with E-state index in [2.05, 4.69) is 23.7 Å². The number of benzene rings is 1. The quantitative estimate of drug-likeness (QED) is 0.848. The molecule has 1 N–H and O–H groups in total. The number of nitrogens with one attached hydrogen (secondary N) is 1. The molecule has 0 spiro atoms. The number of thiophene rings is 1. The maximum absolute atomic E-state index is 13.4. The van der Waals surface area contributed by atoms with Gasteiger partial charge < -0.3 is 5.32 Å². The van der Waals surface area contributed by atoms with Crippen LogP contribution in [0.3, 0.4) is 0 Å². The first-order chi connectivity index (χ1) is 8.72. The predicted molar refractivity (Wildman–Crippen MR) is 75.6 cm³/mol. The second kappa shape index (κ2) is 6.12. The van der Waals surface area contributed by atoms with Crippen molar-refractivity contribution >= 4 is 11.3 Å². The van der Waals surface area contributed by atoms with Crippen LogP contribution in [0.1, 0.15) is 35.4 Å². The first kappa shape index (κ1) is 13.2. The third kappa shape index (κ3) is 2.98. The molecular formula is C15H18FNS. The fraction of sp³-hybridized carbons (Fsp3) is 0.333. The molecule has 18 heavy (non-hydrogen) atoms. The van der Waals surface area contributed by atoms with Gasteiger partial charge in [0.2, 0.25) is 0 Å². The van der Waals surface area contributed by atoms with E-state index in [4.69, 9.17) is 0 Å². The lowest BCUT2D eigenvalue weighted by molar-refractivity contribution is 0.588. The minimum atomic E-state index is -0.171. The largest absolute Gasteiger partial charge is 0.306 e. The van der Waals surface area contributed by atoms with E-state index < -0.39 is 0 Å². The average molecular weight is 263 g/mol. The summed E-state index contributed by atoms with van der Waals surface area (Å²) in [4.78, 5) is 1.23. The SMILES string of the molecule is CCCNC(c1cccs1)c1cc(F)ccc1C. The molecule has 1 atom stereocenters. The summed E-state index contributed by atoms with van der Waals surface area (Å²) in [6.45, 7) is 5.10. The molecular weight excluding hydrogens is 245 g/mol. The first-order valence-electron chi connectivity index (χ1n) is 6.25. The fourth-order valence-corrected chi connectivity index (χ4v) is 2.85. The Hall–Kier alpha value is -1.19. The van der Waals surface area contributed by atoms with Crippen molar-refractivity contribution in [1.82, 2.24) is 5.32 Å². The zero-order valence-corrected chi connectivity index (χ0v) is 11.6. The molecule has 96 valence electrons. The topological polar surface area (TPSA) is 12.0 Å². The van der Waals surface area contributed by atoms with E-state index in [1.807, 2.05) is 19.1 Å². The summed E-state index contributed by atoms with van der Waals surface area (Å²) < 4.78 is 13.4. The summed E-state index contributed by atoms with van der Waals surface area (Å²) in [5.74, 6) is -0.171. The minimum Gasteiger partial charge on any atom is -0.306 e. The number of rotatable bonds is 5. The molecule has 2 aromatic rings. The molecule has 1 aromatic heterocycles. The Morgan fingerprint density at radius 1 is 1.33 bits per heavy atom. The lowest BCUT2D eigenvalue weighted by Crippen LogP contribution is -2.23. The van der Waals surface area contributed by atoms with Gasteiger partial charge in [-0.15, -0.1) is 11.3 Å². The molecule has 0 bridgehead atoms. The number of hydrogen-bond acceptors (Lipinski definition) is 2. The van der Waals surface area contributed by atoms with Crippen LogP contribution < -0.4 is 5.32 Å². The summed E-state index contributed by atoms with van der Waals surface area (Å²) >= 11 is 1.71. The molecule has 2 rings (SSSR count). The molecule has 0 aliphatic heterocycles. The molecule has 0 saturated carbocycles. The van der Waals surface area contributed by atoms with Gasteiger partial charge in [-0.25, -0.2) is 4.39 Å². The maximum atomic E-state index is 13.4. The molecule has 0 fully saturated rings. The van der Waals surface area contributed by atoms with Gasteiger partial charge in [-0.05, 0) is 54.6 Å². The van der Waals surface area contributed by atoms with Crippen molar-refractivity contribution in [2.24, 2.45) is 0 Å². The van der Waals surface area contributed by atoms with Gasteiger partial charge in [-0.1, -0.05) is 19.1 Å². The van der Waals surface area contributed by atoms with Crippen LogP contribution in [0.15, 0.2) is 35.7 Å². The Morgan fingerprint density at radius 2 is 2.17 bits per heavy atom. The Kier molecular flexibility index (Phi) is 4.50. The van der Waals surface area contributed by atoms with Gasteiger partial charge in [0.25, 0.3) is 0 Å². The lowest BCUT2D eigenvalue weighted by Gasteiger charge is -2.20. The fourth-order valence-electron chi connectivity index (χ4n) is 2.03. The van der Waals surface area contributed by atoms with Crippen molar-refractivity contribution in [2.75, 3.05) is 6.54 Å². The maximum Gasteiger partial charge on any atom is 0.123 e. The standard InChI is InChI=1S/C15H18FNS/c1-3-8-17-15(14-5-4-9-18-14)13-10-12(16)7-6-11(13)2/h4-7,9-10,15,17H,3,8H2,1-2H3. The second-order valence-corrected chi connectivity index (χ2v) is 5.38. The van der Waals surface area contributed by atoms with E-state index in [1.54, 1.807) is 17.4 Å². The minimum absolute atomic E-state index is 0.0978. The van der Waals surface area contributed by atoms with Crippen molar-refractivity contribution in [3.63, 3.8) is 0 Å². The van der Waals surface area contributed by atoms with Crippen molar-refractivity contribution in [2.45, 2.75) is 26.3 Å². The van der Waals surface area contributed by atoms with E-state index in [1.165, 1.54) is 10.9 Å². The van der Waals surface area contributed by atoms with Gasteiger partial charge in [0.1, 0.15) is 5.82 Å². The third-order valence-corrected chi connectivity index (χ3v) is 3.92. The molecule has 0 aliphatic rings. The summed E-state index contributed by atoms with van der Waals surface area (Å²) in [6.07, 6.45) is 1.07. The molecule has 0 amide bonds. The van der Waals surface area contributed by atoms with Crippen molar-refractivity contribution in [1.29, 1.82) is 0 Å². The van der Waals surface area contributed by atoms with E-state index >= 15 is 0 Å². The van der Waals surface area contributed by atoms with Crippen LogP contribution in [-0.2, 0) is 0 Å². The van der Waals surface area contributed by atoms with Crippen LogP contribution in [0.25, 0.3) is 0 Å². The first-order valence-corrected chi connectivity index (χ1v) is 7.13. The molecule has 1 heterocycles. The highest BCUT2D eigenvalue weighted by Gasteiger charge is 2.16. The van der Waals surface area contributed by atoms with Crippen LogP contribution in [0, 0.1) is 12.7 Å². The Balaban J connectivity index is 2.36. The van der Waals surface area contributed by atoms with Gasteiger partial charge in [0.15, 0.2) is 0 Å². The molecule has 1 nitrogen and oxygen atoms in total. The smallest absolute Gasteiger partial charge is 0.123 e. The predicted octanol–water partition coefficient (Wildman–Crippen LogP) is 4.28. The van der Waals surface area contributed by atoms with Crippen LogP contribution in [0.5, 0.6) is 0 Å². The Bertz CT molecular complexity index is 493. The van der Waals surface area contributed by atoms with E-state index in [9.17, 15) is 4.39 Å². The lowest BCUT2D eigenvalue weighted by atomic mass is 9.99. The van der Waals surface area contributed by atoms with Crippen LogP contribution >= 0.6 is 11.3 Å². The number of aryl methyl sites for hydroxylation is 1. The summed E-state index contributed by atoms with van der Waals surface area (Å²) in [7, 11) is 0. The Morgan fingerprint density at radius 3 is 2.83 bits per heavy atom. The molecule has 1 unspecified atom stereocenters. The van der Waals surface area contributed by atoms with Gasteiger partial charge in [0.05, 0.1) is 6.04 Å². The highest BCUT2D eigenvalue weighted by atomic mass is 32.1. The normalized spacial score (nSPS) is 12.6. The Labute approximate surface area is 112 Å². The van der Waals surface area contributed by atoms with Crippen molar-refractivity contribution in [3.05, 3.63) is 57.5 Å². The molecule has 3 heteroatoms. The van der Waals surface area contributed by atoms with Gasteiger partial charge in [-0.2, -0.15) is 0 Å². The van der Waals surface area contributed by atoms with Gasteiger partial charge >= 0.3 is 0 Å². The monoisotopic (exact) mass is 263 g/mol. The van der Waals surface area contributed by atoms with Crippen molar-refractivity contribution in [3.8, 4) is 0 Å². The number of hydrogen-bond donors (Lipinski definition) is 1. The van der Waals surface area contributed by atoms with E-state index in [0.717, 1.165) is 24.1 Å².